The first-order valence-electron chi connectivity index (χ1n) is 5.83. The average Bonchev–Trinajstić information content (AvgIpc) is 2.30. The number of hydrazone groups is 1. The molecule has 6 nitrogen and oxygen atoms in total. The Labute approximate surface area is 133 Å². The smallest absolute Gasteiger partial charge is 0.260 e. The second kappa shape index (κ2) is 7.11. The van der Waals surface area contributed by atoms with Crippen LogP contribution in [0.15, 0.2) is 23.3 Å². The van der Waals surface area contributed by atoms with Gasteiger partial charge in [0.25, 0.3) is 5.91 Å². The Morgan fingerprint density at radius 2 is 1.76 bits per heavy atom. The minimum atomic E-state index is -3.68. The highest BCUT2D eigenvalue weighted by atomic mass is 35.5. The standard InChI is InChI=1S/C12H15Cl2N3O3S/c1-8(2)15-16-12(18)7-17(21(3,19)20)11-5-9(13)4-10(14)6-11/h4-6H,7H2,1-3H3,(H,16,18). The summed E-state index contributed by atoms with van der Waals surface area (Å²) in [6.45, 7) is 2.98. The molecule has 0 heterocycles. The highest BCUT2D eigenvalue weighted by molar-refractivity contribution is 7.92. The maximum Gasteiger partial charge on any atom is 0.260 e. The van der Waals surface area contributed by atoms with Gasteiger partial charge in [0.2, 0.25) is 10.0 Å². The molecule has 1 aromatic rings. The van der Waals surface area contributed by atoms with Crippen molar-refractivity contribution in [2.45, 2.75) is 13.8 Å². The molecule has 116 valence electrons. The Balaban J connectivity index is 3.08. The lowest BCUT2D eigenvalue weighted by atomic mass is 10.3. The van der Waals surface area contributed by atoms with E-state index in [1.807, 2.05) is 0 Å². The molecule has 1 rings (SSSR count). The summed E-state index contributed by atoms with van der Waals surface area (Å²) in [5, 5.41) is 4.28. The van der Waals surface area contributed by atoms with Crippen LogP contribution in [0.1, 0.15) is 13.8 Å². The molecule has 1 amide bonds. The molecule has 9 heteroatoms. The second-order valence-corrected chi connectivity index (χ2v) is 7.27. The summed E-state index contributed by atoms with van der Waals surface area (Å²) in [6.07, 6.45) is 0.990. The topological polar surface area (TPSA) is 78.8 Å². The summed E-state index contributed by atoms with van der Waals surface area (Å²) in [5.41, 5.74) is 3.11. The Morgan fingerprint density at radius 1 is 1.24 bits per heavy atom. The van der Waals surface area contributed by atoms with Crippen LogP contribution in [-0.4, -0.2) is 32.8 Å². The Bertz CT molecular complexity index is 650. The zero-order valence-electron chi connectivity index (χ0n) is 11.7. The third-order valence-corrected chi connectivity index (χ3v) is 3.80. The fourth-order valence-corrected chi connectivity index (χ4v) is 2.78. The van der Waals surface area contributed by atoms with Gasteiger partial charge in [-0.3, -0.25) is 9.10 Å². The second-order valence-electron chi connectivity index (χ2n) is 4.49. The van der Waals surface area contributed by atoms with Crippen molar-refractivity contribution in [3.05, 3.63) is 28.2 Å². The van der Waals surface area contributed by atoms with Crippen LogP contribution >= 0.6 is 23.2 Å². The number of carbonyl (C=O) groups is 1. The number of nitrogens with one attached hydrogen (secondary N) is 1. The van der Waals surface area contributed by atoms with Crippen molar-refractivity contribution in [3.8, 4) is 0 Å². The lowest BCUT2D eigenvalue weighted by molar-refractivity contribution is -0.119. The fourth-order valence-electron chi connectivity index (χ4n) is 1.42. The number of amides is 1. The molecule has 0 saturated carbocycles. The number of hydrogen-bond acceptors (Lipinski definition) is 4. The molecule has 0 radical (unpaired) electrons. The van der Waals surface area contributed by atoms with Crippen LogP contribution in [0.25, 0.3) is 0 Å². The molecule has 0 saturated heterocycles. The van der Waals surface area contributed by atoms with Crippen LogP contribution in [0.4, 0.5) is 5.69 Å². The van der Waals surface area contributed by atoms with Gasteiger partial charge in [0.05, 0.1) is 11.9 Å². The highest BCUT2D eigenvalue weighted by Gasteiger charge is 2.21. The van der Waals surface area contributed by atoms with Gasteiger partial charge in [-0.05, 0) is 32.0 Å². The van der Waals surface area contributed by atoms with E-state index in [9.17, 15) is 13.2 Å². The van der Waals surface area contributed by atoms with E-state index < -0.39 is 22.5 Å². The predicted molar refractivity (Wildman–Crippen MR) is 85.6 cm³/mol. The number of halogens is 2. The van der Waals surface area contributed by atoms with Gasteiger partial charge in [0, 0.05) is 15.8 Å². The lowest BCUT2D eigenvalue weighted by Gasteiger charge is -2.21. The molecule has 0 aliphatic carbocycles. The van der Waals surface area contributed by atoms with E-state index in [-0.39, 0.29) is 15.7 Å². The Kier molecular flexibility index (Phi) is 6.00. The fraction of sp³-hybridized carbons (Fsp3) is 0.333. The van der Waals surface area contributed by atoms with Crippen molar-refractivity contribution in [1.82, 2.24) is 5.43 Å². The normalized spacial score (nSPS) is 10.9. The van der Waals surface area contributed by atoms with Crippen molar-refractivity contribution in [3.63, 3.8) is 0 Å². The maximum atomic E-state index is 11.9. The van der Waals surface area contributed by atoms with Gasteiger partial charge in [0.15, 0.2) is 0 Å². The van der Waals surface area contributed by atoms with Gasteiger partial charge in [0.1, 0.15) is 6.54 Å². The number of sulfonamides is 1. The molecular formula is C12H15Cl2N3O3S. The summed E-state index contributed by atoms with van der Waals surface area (Å²) < 4.78 is 24.6. The van der Waals surface area contributed by atoms with Crippen LogP contribution < -0.4 is 9.73 Å². The molecule has 1 aromatic carbocycles. The van der Waals surface area contributed by atoms with E-state index in [1.165, 1.54) is 18.2 Å². The minimum absolute atomic E-state index is 0.211. The first-order chi connectivity index (χ1) is 9.59. The molecule has 0 unspecified atom stereocenters. The zero-order chi connectivity index (χ0) is 16.2. The first kappa shape index (κ1) is 17.7. The Hall–Kier alpha value is -1.31. The van der Waals surface area contributed by atoms with E-state index in [1.54, 1.807) is 13.8 Å². The number of benzene rings is 1. The summed E-state index contributed by atoms with van der Waals surface area (Å²) in [6, 6.07) is 4.30. The lowest BCUT2D eigenvalue weighted by Crippen LogP contribution is -2.39. The van der Waals surface area contributed by atoms with Crippen LogP contribution in [0.3, 0.4) is 0 Å². The third kappa shape index (κ3) is 5.91. The largest absolute Gasteiger partial charge is 0.271 e. The Morgan fingerprint density at radius 3 is 2.19 bits per heavy atom. The molecule has 21 heavy (non-hydrogen) atoms. The van der Waals surface area contributed by atoms with Crippen LogP contribution in [0, 0.1) is 0 Å². The van der Waals surface area contributed by atoms with Crippen molar-refractivity contribution in [2.24, 2.45) is 5.10 Å². The predicted octanol–water partition coefficient (Wildman–Crippen LogP) is 2.27. The molecule has 0 aromatic heterocycles. The van der Waals surface area contributed by atoms with Crippen molar-refractivity contribution in [2.75, 3.05) is 17.1 Å². The molecule has 0 spiro atoms. The molecule has 0 bridgehead atoms. The molecule has 0 aliphatic rings. The van der Waals surface area contributed by atoms with E-state index in [4.69, 9.17) is 23.2 Å². The number of anilines is 1. The van der Waals surface area contributed by atoms with Crippen molar-refractivity contribution >= 4 is 50.5 Å². The summed E-state index contributed by atoms with van der Waals surface area (Å²) in [4.78, 5) is 11.8. The first-order valence-corrected chi connectivity index (χ1v) is 8.43. The quantitative estimate of drug-likeness (QED) is 0.652. The van der Waals surface area contributed by atoms with E-state index >= 15 is 0 Å². The number of carbonyl (C=O) groups excluding carboxylic acids is 1. The van der Waals surface area contributed by atoms with Gasteiger partial charge in [-0.1, -0.05) is 23.2 Å². The van der Waals surface area contributed by atoms with E-state index in [0.717, 1.165) is 10.6 Å². The van der Waals surface area contributed by atoms with Gasteiger partial charge < -0.3 is 0 Å². The van der Waals surface area contributed by atoms with Gasteiger partial charge >= 0.3 is 0 Å². The van der Waals surface area contributed by atoms with Gasteiger partial charge in [-0.15, -0.1) is 0 Å². The maximum absolute atomic E-state index is 11.9. The van der Waals surface area contributed by atoms with Gasteiger partial charge in [-0.2, -0.15) is 5.10 Å². The number of hydrogen-bond donors (Lipinski definition) is 1. The van der Waals surface area contributed by atoms with Gasteiger partial charge in [-0.25, -0.2) is 13.8 Å². The highest BCUT2D eigenvalue weighted by Crippen LogP contribution is 2.26. The summed E-state index contributed by atoms with van der Waals surface area (Å²) in [7, 11) is -3.68. The number of rotatable bonds is 5. The van der Waals surface area contributed by atoms with Crippen LogP contribution in [0.2, 0.25) is 10.0 Å². The van der Waals surface area contributed by atoms with Crippen LogP contribution in [-0.2, 0) is 14.8 Å². The number of nitrogens with zero attached hydrogens (tertiary/aromatic N) is 2. The van der Waals surface area contributed by atoms with E-state index in [2.05, 4.69) is 10.5 Å². The molecule has 0 atom stereocenters. The van der Waals surface area contributed by atoms with Crippen LogP contribution in [0.5, 0.6) is 0 Å². The molecular weight excluding hydrogens is 337 g/mol. The minimum Gasteiger partial charge on any atom is -0.271 e. The monoisotopic (exact) mass is 351 g/mol. The molecule has 0 fully saturated rings. The van der Waals surface area contributed by atoms with Crippen molar-refractivity contribution < 1.29 is 13.2 Å². The summed E-state index contributed by atoms with van der Waals surface area (Å²) >= 11 is 11.7. The van der Waals surface area contributed by atoms with Crippen molar-refractivity contribution in [1.29, 1.82) is 0 Å². The SMILES string of the molecule is CC(C)=NNC(=O)CN(c1cc(Cl)cc(Cl)c1)S(C)(=O)=O. The zero-order valence-corrected chi connectivity index (χ0v) is 14.1. The summed E-state index contributed by atoms with van der Waals surface area (Å²) in [5.74, 6) is -0.572. The average molecular weight is 352 g/mol. The third-order valence-electron chi connectivity index (χ3n) is 2.23. The molecule has 1 N–H and O–H groups in total. The molecule has 0 aliphatic heterocycles. The van der Waals surface area contributed by atoms with E-state index in [0.29, 0.717) is 5.71 Å².